The predicted octanol–water partition coefficient (Wildman–Crippen LogP) is -1.62. The number of thiazole rings is 1. The van der Waals surface area contributed by atoms with Gasteiger partial charge in [-0.1, -0.05) is 0 Å². The lowest BCUT2D eigenvalue weighted by atomic mass is 10.1. The molecular formula is C21H29N9O11P2S. The summed E-state index contributed by atoms with van der Waals surface area (Å²) >= 11 is 1.34. The van der Waals surface area contributed by atoms with E-state index >= 15 is 0 Å². The van der Waals surface area contributed by atoms with Gasteiger partial charge in [-0.25, -0.2) is 24.1 Å². The second kappa shape index (κ2) is 11.5. The molecule has 3 saturated heterocycles. The maximum Gasteiger partial charge on any atom is 0.472 e. The van der Waals surface area contributed by atoms with Gasteiger partial charge < -0.3 is 35.2 Å². The molecule has 2 bridgehead atoms. The van der Waals surface area contributed by atoms with Crippen molar-refractivity contribution in [1.29, 1.82) is 0 Å². The molecule has 8 N–H and O–H groups in total. The zero-order chi connectivity index (χ0) is 30.8. The van der Waals surface area contributed by atoms with Gasteiger partial charge in [0.05, 0.1) is 31.2 Å². The number of phosphoric acid groups is 2. The lowest BCUT2D eigenvalue weighted by Gasteiger charge is -2.39. The fraction of sp³-hybridized carbons (Fsp3) is 0.667. The highest BCUT2D eigenvalue weighted by atomic mass is 32.1. The summed E-state index contributed by atoms with van der Waals surface area (Å²) in [6.07, 6.45) is -5.38. The van der Waals surface area contributed by atoms with E-state index in [-0.39, 0.29) is 12.5 Å². The number of ether oxygens (including phenoxy) is 1. The summed E-state index contributed by atoms with van der Waals surface area (Å²) in [5, 5.41) is 19.7. The zero-order valence-electron chi connectivity index (χ0n) is 22.6. The highest BCUT2D eigenvalue weighted by Crippen LogP contribution is 2.53. The Balaban J connectivity index is 1.11. The number of aliphatic hydroxyl groups is 1. The standard InChI is InChI=1S/C21H29N9O11P2S/c22-21-28-17-13(18(32)29-21)25-6-30(17)20-15-14(31)11(39-20)4-38-42(33,34)40-10-2-9(1-8(10)3-37-43(35,36)41-15)27-16-12-19(24-5-23-16)44-7-26-12/h5-11,13-15,17,20-21,28,31H,1-4,22H2,(H,29,32)(H,33,34)(H,35,36)(H,23,24,27)/t8-,9-,10+,11-,13?,14-,15-,17?,20-,21?/m1/s1. The molecule has 5 aliphatic rings. The number of nitrogens with zero attached hydrogens (tertiary/aromatic N) is 5. The first-order valence-corrected chi connectivity index (χ1v) is 17.4. The van der Waals surface area contributed by atoms with Gasteiger partial charge in [0, 0.05) is 12.0 Å². The van der Waals surface area contributed by atoms with Gasteiger partial charge in [0.1, 0.15) is 47.4 Å². The van der Waals surface area contributed by atoms with Crippen molar-refractivity contribution in [1.82, 2.24) is 30.5 Å². The number of aliphatic imine (C=N–C) groups is 1. The van der Waals surface area contributed by atoms with Gasteiger partial charge in [0.25, 0.3) is 5.91 Å². The molecule has 4 aliphatic heterocycles. The van der Waals surface area contributed by atoms with Crippen molar-refractivity contribution >= 4 is 55.4 Å². The number of aromatic nitrogens is 3. The Morgan fingerprint density at radius 2 is 1.89 bits per heavy atom. The number of hydrogen-bond acceptors (Lipinski definition) is 18. The molecule has 23 heteroatoms. The van der Waals surface area contributed by atoms with Gasteiger partial charge in [0.2, 0.25) is 0 Å². The zero-order valence-corrected chi connectivity index (χ0v) is 25.2. The second-order valence-electron chi connectivity index (χ2n) is 10.9. The number of carbonyl (C=O) groups excluding carboxylic acids is 1. The highest BCUT2D eigenvalue weighted by molar-refractivity contribution is 7.47. The summed E-state index contributed by atoms with van der Waals surface area (Å²) in [5.74, 6) is -0.661. The van der Waals surface area contributed by atoms with Crippen LogP contribution in [0.1, 0.15) is 12.8 Å². The van der Waals surface area contributed by atoms with Gasteiger partial charge in [-0.3, -0.25) is 38.9 Å². The van der Waals surface area contributed by atoms with E-state index in [1.165, 1.54) is 28.9 Å². The molecule has 12 atom stereocenters. The molecule has 0 aromatic carbocycles. The number of rotatable bonds is 3. The number of nitrogens with two attached hydrogens (primary N) is 1. The van der Waals surface area contributed by atoms with Crippen molar-refractivity contribution in [3.8, 4) is 0 Å². The quantitative estimate of drug-likeness (QED) is 0.180. The minimum atomic E-state index is -4.88. The summed E-state index contributed by atoms with van der Waals surface area (Å²) < 4.78 is 53.7. The minimum absolute atomic E-state index is 0.195. The normalized spacial score (nSPS) is 44.4. The van der Waals surface area contributed by atoms with Crippen LogP contribution in [0.2, 0.25) is 0 Å². The Kier molecular flexibility index (Phi) is 7.98. The van der Waals surface area contributed by atoms with Crippen molar-refractivity contribution in [2.45, 2.75) is 68.0 Å². The lowest BCUT2D eigenvalue weighted by Crippen LogP contribution is -2.70. The van der Waals surface area contributed by atoms with Crippen LogP contribution in [-0.2, 0) is 36.8 Å². The molecule has 5 unspecified atom stereocenters. The van der Waals surface area contributed by atoms with Gasteiger partial charge in [-0.2, -0.15) is 0 Å². The van der Waals surface area contributed by atoms with Crippen molar-refractivity contribution in [3.05, 3.63) is 11.8 Å². The Hall–Kier alpha value is -2.23. The van der Waals surface area contributed by atoms with Crippen molar-refractivity contribution in [2.75, 3.05) is 18.5 Å². The fourth-order valence-electron chi connectivity index (χ4n) is 6.00. The van der Waals surface area contributed by atoms with E-state index in [1.54, 1.807) is 5.51 Å². The Morgan fingerprint density at radius 3 is 2.73 bits per heavy atom. The number of phosphoric ester groups is 2. The third-order valence-electron chi connectivity index (χ3n) is 7.99. The van der Waals surface area contributed by atoms with E-state index in [4.69, 9.17) is 28.6 Å². The second-order valence-corrected chi connectivity index (χ2v) is 14.5. The van der Waals surface area contributed by atoms with Gasteiger partial charge in [-0.15, -0.1) is 11.3 Å². The molecule has 1 aliphatic carbocycles. The number of carbonyl (C=O) groups is 1. The van der Waals surface area contributed by atoms with E-state index in [0.717, 1.165) is 0 Å². The SMILES string of the molecule is NC1NC(=O)C2N=CN([C@@H]3O[C@@H]4COP(=O)(O)O[C@H]5C[C@H](Nc6ncnc7scnc67)C[C@@H]5COP(=O)(O)O[C@@H]3[C@@H]4O)C2N1. The largest absolute Gasteiger partial charge is 0.472 e. The molecule has 2 aromatic heterocycles. The van der Waals surface area contributed by atoms with Gasteiger partial charge in [0.15, 0.2) is 18.1 Å². The molecule has 1 saturated carbocycles. The summed E-state index contributed by atoms with van der Waals surface area (Å²) in [6.45, 7) is -1.05. The average molecular weight is 678 g/mol. The van der Waals surface area contributed by atoms with E-state index < -0.39 is 89.8 Å². The van der Waals surface area contributed by atoms with Crippen molar-refractivity contribution in [3.63, 3.8) is 0 Å². The third-order valence-corrected chi connectivity index (χ3v) is 10.7. The fourth-order valence-corrected chi connectivity index (χ4v) is 8.60. The van der Waals surface area contributed by atoms with E-state index in [2.05, 4.69) is 35.9 Å². The molecule has 20 nitrogen and oxygen atoms in total. The maximum absolute atomic E-state index is 13.2. The van der Waals surface area contributed by atoms with Crippen LogP contribution in [0.15, 0.2) is 16.8 Å². The van der Waals surface area contributed by atoms with Gasteiger partial charge in [-0.05, 0) is 12.8 Å². The molecule has 7 rings (SSSR count). The molecule has 0 radical (unpaired) electrons. The average Bonchev–Trinajstić information content (AvgIpc) is 3.73. The first-order valence-electron chi connectivity index (χ1n) is 13.5. The molecule has 240 valence electrons. The Morgan fingerprint density at radius 1 is 1.09 bits per heavy atom. The molecule has 6 heterocycles. The van der Waals surface area contributed by atoms with Crippen LogP contribution in [0.25, 0.3) is 10.3 Å². The summed E-state index contributed by atoms with van der Waals surface area (Å²) in [5.41, 5.74) is 8.04. The summed E-state index contributed by atoms with van der Waals surface area (Å²) in [7, 11) is -9.62. The smallest absolute Gasteiger partial charge is 0.387 e. The maximum atomic E-state index is 13.2. The number of hydrogen-bond donors (Lipinski definition) is 7. The predicted molar refractivity (Wildman–Crippen MR) is 148 cm³/mol. The van der Waals surface area contributed by atoms with Crippen LogP contribution in [-0.4, -0.2) is 115 Å². The van der Waals surface area contributed by atoms with Crippen molar-refractivity contribution < 1.29 is 51.6 Å². The molecule has 44 heavy (non-hydrogen) atoms. The summed E-state index contributed by atoms with van der Waals surface area (Å²) in [4.78, 5) is 52.6. The summed E-state index contributed by atoms with van der Waals surface area (Å²) in [6, 6.07) is -1.28. The Labute approximate surface area is 252 Å². The lowest BCUT2D eigenvalue weighted by molar-refractivity contribution is -0.130. The van der Waals surface area contributed by atoms with E-state index in [1.807, 2.05) is 0 Å². The van der Waals surface area contributed by atoms with Crippen molar-refractivity contribution in [2.24, 2.45) is 16.6 Å². The number of nitrogens with one attached hydrogen (secondary N) is 3. The van der Waals surface area contributed by atoms with Crippen LogP contribution in [0.4, 0.5) is 5.82 Å². The van der Waals surface area contributed by atoms with E-state index in [0.29, 0.717) is 22.6 Å². The van der Waals surface area contributed by atoms with Gasteiger partial charge >= 0.3 is 15.6 Å². The molecular weight excluding hydrogens is 648 g/mol. The molecule has 4 fully saturated rings. The number of anilines is 1. The molecule has 1 amide bonds. The highest BCUT2D eigenvalue weighted by Gasteiger charge is 2.55. The van der Waals surface area contributed by atoms with Crippen LogP contribution in [0.5, 0.6) is 0 Å². The molecule has 0 spiro atoms. The first kappa shape index (κ1) is 30.4. The Bertz CT molecular complexity index is 1550. The third kappa shape index (κ3) is 5.89. The molecule has 2 aromatic rings. The van der Waals surface area contributed by atoms with Crippen LogP contribution in [0.3, 0.4) is 0 Å². The first-order chi connectivity index (χ1) is 21.0. The topological polar surface area (TPSA) is 274 Å². The monoisotopic (exact) mass is 677 g/mol. The number of fused-ring (bicyclic) bond motifs is 5. The van der Waals surface area contributed by atoms with Crippen LogP contribution in [0, 0.1) is 5.92 Å². The number of amides is 1. The number of aliphatic hydroxyl groups excluding tert-OH is 1. The minimum Gasteiger partial charge on any atom is -0.387 e. The van der Waals surface area contributed by atoms with Crippen LogP contribution < -0.4 is 21.7 Å². The van der Waals surface area contributed by atoms with Crippen LogP contribution >= 0.6 is 27.0 Å². The van der Waals surface area contributed by atoms with E-state index in [9.17, 15) is 28.8 Å².